The number of H-pyrrole nitrogens is 1. The van der Waals surface area contributed by atoms with E-state index in [9.17, 15) is 4.79 Å². The molecule has 0 spiro atoms. The van der Waals surface area contributed by atoms with Gasteiger partial charge in [-0.15, -0.1) is 0 Å². The maximum atomic E-state index is 12.7. The third-order valence-corrected chi connectivity index (χ3v) is 4.85. The molecular formula is C23H28N2O. The number of carbonyl (C=O) groups excluding carboxylic acids is 1. The van der Waals surface area contributed by atoms with E-state index < -0.39 is 0 Å². The van der Waals surface area contributed by atoms with Crippen molar-refractivity contribution in [2.24, 2.45) is 0 Å². The van der Waals surface area contributed by atoms with Gasteiger partial charge in [-0.1, -0.05) is 55.0 Å². The molecule has 26 heavy (non-hydrogen) atoms. The van der Waals surface area contributed by atoms with Gasteiger partial charge in [0.2, 0.25) is 5.91 Å². The third kappa shape index (κ3) is 4.54. The Labute approximate surface area is 156 Å². The second-order valence-electron chi connectivity index (χ2n) is 7.01. The molecule has 0 atom stereocenters. The number of nitrogens with zero attached hydrogens (tertiary/aromatic N) is 1. The van der Waals surface area contributed by atoms with Crippen LogP contribution in [0.5, 0.6) is 0 Å². The zero-order valence-electron chi connectivity index (χ0n) is 15.8. The van der Waals surface area contributed by atoms with Crippen LogP contribution in [-0.2, 0) is 17.8 Å². The second kappa shape index (κ2) is 8.70. The van der Waals surface area contributed by atoms with E-state index in [4.69, 9.17) is 0 Å². The van der Waals surface area contributed by atoms with Crippen molar-refractivity contribution >= 4 is 16.8 Å². The first kappa shape index (κ1) is 18.2. The van der Waals surface area contributed by atoms with Crippen molar-refractivity contribution in [2.45, 2.75) is 46.1 Å². The van der Waals surface area contributed by atoms with Crippen LogP contribution in [0.2, 0.25) is 0 Å². The Kier molecular flexibility index (Phi) is 6.11. The Morgan fingerprint density at radius 2 is 1.85 bits per heavy atom. The summed E-state index contributed by atoms with van der Waals surface area (Å²) in [4.78, 5) is 18.0. The van der Waals surface area contributed by atoms with Gasteiger partial charge in [-0.2, -0.15) is 0 Å². The fourth-order valence-electron chi connectivity index (χ4n) is 3.40. The number of carbonyl (C=O) groups is 1. The number of aromatic amines is 1. The molecule has 0 fully saturated rings. The predicted molar refractivity (Wildman–Crippen MR) is 108 cm³/mol. The van der Waals surface area contributed by atoms with Crippen LogP contribution in [0, 0.1) is 6.92 Å². The van der Waals surface area contributed by atoms with E-state index in [1.807, 2.05) is 11.0 Å². The minimum Gasteiger partial charge on any atom is -0.361 e. The van der Waals surface area contributed by atoms with Crippen molar-refractivity contribution in [3.05, 3.63) is 71.4 Å². The number of aromatic nitrogens is 1. The van der Waals surface area contributed by atoms with Crippen LogP contribution in [0.4, 0.5) is 0 Å². The average molecular weight is 348 g/mol. The van der Waals surface area contributed by atoms with Gasteiger partial charge in [0.25, 0.3) is 0 Å². The van der Waals surface area contributed by atoms with Crippen molar-refractivity contribution in [3.63, 3.8) is 0 Å². The third-order valence-electron chi connectivity index (χ3n) is 4.85. The number of para-hydroxylation sites is 1. The number of rotatable bonds is 8. The first-order chi connectivity index (χ1) is 12.7. The van der Waals surface area contributed by atoms with Gasteiger partial charge >= 0.3 is 0 Å². The topological polar surface area (TPSA) is 36.1 Å². The highest BCUT2D eigenvalue weighted by molar-refractivity contribution is 5.83. The minimum absolute atomic E-state index is 0.257. The number of benzene rings is 2. The molecule has 3 nitrogen and oxygen atoms in total. The summed E-state index contributed by atoms with van der Waals surface area (Å²) in [5.41, 5.74) is 4.92. The molecule has 1 heterocycles. The van der Waals surface area contributed by atoms with Crippen molar-refractivity contribution < 1.29 is 4.79 Å². The van der Waals surface area contributed by atoms with E-state index in [0.717, 1.165) is 25.8 Å². The standard InChI is InChI=1S/C23H28N2O/c1-3-15-25(17-19-13-11-18(2)12-14-19)23(26)10-6-7-20-16-24-22-9-5-4-8-21(20)22/h4-5,8-9,11-14,16,24H,3,6-7,10,15,17H2,1-2H3. The number of amides is 1. The van der Waals surface area contributed by atoms with Crippen molar-refractivity contribution in [3.8, 4) is 0 Å². The van der Waals surface area contributed by atoms with Crippen LogP contribution in [0.15, 0.2) is 54.7 Å². The summed E-state index contributed by atoms with van der Waals surface area (Å²) in [6.07, 6.45) is 5.48. The van der Waals surface area contributed by atoms with Crippen LogP contribution in [0.1, 0.15) is 42.9 Å². The highest BCUT2D eigenvalue weighted by Gasteiger charge is 2.13. The molecule has 0 saturated carbocycles. The summed E-state index contributed by atoms with van der Waals surface area (Å²) in [7, 11) is 0. The lowest BCUT2D eigenvalue weighted by Crippen LogP contribution is -2.31. The van der Waals surface area contributed by atoms with E-state index in [-0.39, 0.29) is 5.91 Å². The smallest absolute Gasteiger partial charge is 0.222 e. The van der Waals surface area contributed by atoms with Crippen molar-refractivity contribution in [2.75, 3.05) is 6.54 Å². The van der Waals surface area contributed by atoms with Gasteiger partial charge in [0.15, 0.2) is 0 Å². The summed E-state index contributed by atoms with van der Waals surface area (Å²) < 4.78 is 0. The molecule has 3 aromatic rings. The first-order valence-electron chi connectivity index (χ1n) is 9.55. The molecule has 0 aliphatic carbocycles. The fourth-order valence-corrected chi connectivity index (χ4v) is 3.40. The molecule has 0 aliphatic heterocycles. The lowest BCUT2D eigenvalue weighted by atomic mass is 10.1. The minimum atomic E-state index is 0.257. The molecule has 2 aromatic carbocycles. The highest BCUT2D eigenvalue weighted by Crippen LogP contribution is 2.20. The Morgan fingerprint density at radius 3 is 2.62 bits per heavy atom. The zero-order valence-corrected chi connectivity index (χ0v) is 15.8. The molecule has 1 N–H and O–H groups in total. The van der Waals surface area contributed by atoms with Crippen molar-refractivity contribution in [1.29, 1.82) is 0 Å². The number of hydrogen-bond acceptors (Lipinski definition) is 1. The number of hydrogen-bond donors (Lipinski definition) is 1. The van der Waals surface area contributed by atoms with Gasteiger partial charge in [-0.3, -0.25) is 4.79 Å². The molecular weight excluding hydrogens is 320 g/mol. The number of nitrogens with one attached hydrogen (secondary N) is 1. The molecule has 0 aliphatic rings. The summed E-state index contributed by atoms with van der Waals surface area (Å²) in [5.74, 6) is 0.257. The van der Waals surface area contributed by atoms with E-state index in [1.54, 1.807) is 0 Å². The Morgan fingerprint density at radius 1 is 1.08 bits per heavy atom. The molecule has 136 valence electrons. The average Bonchev–Trinajstić information content (AvgIpc) is 3.06. The quantitative estimate of drug-likeness (QED) is 0.594. The van der Waals surface area contributed by atoms with E-state index >= 15 is 0 Å². The van der Waals surface area contributed by atoms with Crippen molar-refractivity contribution in [1.82, 2.24) is 9.88 Å². The van der Waals surface area contributed by atoms with Gasteiger partial charge in [0, 0.05) is 36.6 Å². The molecule has 1 amide bonds. The Balaban J connectivity index is 1.56. The Bertz CT molecular complexity index is 848. The van der Waals surface area contributed by atoms with Crippen LogP contribution in [-0.4, -0.2) is 22.3 Å². The summed E-state index contributed by atoms with van der Waals surface area (Å²) in [6, 6.07) is 16.8. The summed E-state index contributed by atoms with van der Waals surface area (Å²) >= 11 is 0. The van der Waals surface area contributed by atoms with Crippen LogP contribution < -0.4 is 0 Å². The van der Waals surface area contributed by atoms with Crippen LogP contribution in [0.3, 0.4) is 0 Å². The van der Waals surface area contributed by atoms with E-state index in [2.05, 4.69) is 67.5 Å². The molecule has 0 bridgehead atoms. The monoisotopic (exact) mass is 348 g/mol. The fraction of sp³-hybridized carbons (Fsp3) is 0.348. The number of fused-ring (bicyclic) bond motifs is 1. The molecule has 3 rings (SSSR count). The molecule has 3 heteroatoms. The van der Waals surface area contributed by atoms with Gasteiger partial charge in [0.05, 0.1) is 0 Å². The highest BCUT2D eigenvalue weighted by atomic mass is 16.2. The zero-order chi connectivity index (χ0) is 18.4. The van der Waals surface area contributed by atoms with Gasteiger partial charge < -0.3 is 9.88 Å². The molecule has 0 radical (unpaired) electrons. The van der Waals surface area contributed by atoms with Gasteiger partial charge in [0.1, 0.15) is 0 Å². The largest absolute Gasteiger partial charge is 0.361 e. The summed E-state index contributed by atoms with van der Waals surface area (Å²) in [6.45, 7) is 5.74. The normalized spacial score (nSPS) is 11.0. The van der Waals surface area contributed by atoms with Gasteiger partial charge in [-0.25, -0.2) is 0 Å². The van der Waals surface area contributed by atoms with Crippen LogP contribution in [0.25, 0.3) is 10.9 Å². The van der Waals surface area contributed by atoms with E-state index in [0.29, 0.717) is 13.0 Å². The number of aryl methyl sites for hydroxylation is 2. The predicted octanol–water partition coefficient (Wildman–Crippen LogP) is 5.24. The van der Waals surface area contributed by atoms with Crippen LogP contribution >= 0.6 is 0 Å². The lowest BCUT2D eigenvalue weighted by Gasteiger charge is -2.22. The summed E-state index contributed by atoms with van der Waals surface area (Å²) in [5, 5.41) is 1.27. The molecule has 0 saturated heterocycles. The Hall–Kier alpha value is -2.55. The molecule has 0 unspecified atom stereocenters. The molecule has 1 aromatic heterocycles. The second-order valence-corrected chi connectivity index (χ2v) is 7.01. The SMILES string of the molecule is CCCN(Cc1ccc(C)cc1)C(=O)CCCc1c[nH]c2ccccc12. The maximum absolute atomic E-state index is 12.7. The maximum Gasteiger partial charge on any atom is 0.222 e. The van der Waals surface area contributed by atoms with Gasteiger partial charge in [-0.05, 0) is 43.4 Å². The van der Waals surface area contributed by atoms with E-state index in [1.165, 1.54) is 27.6 Å². The first-order valence-corrected chi connectivity index (χ1v) is 9.55. The lowest BCUT2D eigenvalue weighted by molar-refractivity contribution is -0.132.